The molecule has 2 aromatic rings. The number of benzene rings is 2. The minimum Gasteiger partial charge on any atom is -0.478 e. The van der Waals surface area contributed by atoms with Crippen LogP contribution >= 0.6 is 0 Å². The number of nitrogen functional groups attached to an aromatic ring is 1. The van der Waals surface area contributed by atoms with Gasteiger partial charge in [0.1, 0.15) is 8.07 Å². The number of hydrogen-bond acceptors (Lipinski definition) is 3. The number of rotatable bonds is 4. The summed E-state index contributed by atoms with van der Waals surface area (Å²) < 4.78 is 0. The predicted molar refractivity (Wildman–Crippen MR) is 128 cm³/mol. The SMILES string of the molecule is Cc1c(C#C[Si](C)(C)C)cc(C(=O)O)c(C(=O)c2ccc(C3CCCCC3)cc2)c1N. The highest BCUT2D eigenvalue weighted by Gasteiger charge is 2.25. The van der Waals surface area contributed by atoms with E-state index in [0.717, 1.165) is 0 Å². The zero-order valence-corrected chi connectivity index (χ0v) is 19.8. The molecule has 2 aromatic carbocycles. The van der Waals surface area contributed by atoms with Crippen LogP contribution in [0.2, 0.25) is 19.6 Å². The number of carbonyl (C=O) groups excluding carboxylic acids is 1. The van der Waals surface area contributed by atoms with Gasteiger partial charge in [-0.2, -0.15) is 0 Å². The minimum absolute atomic E-state index is 0.0500. The van der Waals surface area contributed by atoms with Gasteiger partial charge in [0.15, 0.2) is 5.78 Å². The van der Waals surface area contributed by atoms with Gasteiger partial charge in [0.25, 0.3) is 0 Å². The third-order valence-electron chi connectivity index (χ3n) is 5.91. The lowest BCUT2D eigenvalue weighted by atomic mass is 9.83. The lowest BCUT2D eigenvalue weighted by molar-refractivity contribution is 0.0693. The molecule has 0 aromatic heterocycles. The molecule has 0 aliphatic heterocycles. The molecule has 5 heteroatoms. The first-order valence-electron chi connectivity index (χ1n) is 10.9. The monoisotopic (exact) mass is 433 g/mol. The second-order valence-corrected chi connectivity index (χ2v) is 14.2. The number of hydrogen-bond donors (Lipinski definition) is 2. The Labute approximate surface area is 185 Å². The summed E-state index contributed by atoms with van der Waals surface area (Å²) in [6.45, 7) is 8.14. The van der Waals surface area contributed by atoms with Crippen LogP contribution in [-0.4, -0.2) is 24.9 Å². The second kappa shape index (κ2) is 9.11. The minimum atomic E-state index is -1.65. The number of nitrogens with two attached hydrogens (primary N) is 1. The van der Waals surface area contributed by atoms with Gasteiger partial charge in [-0.1, -0.05) is 69.1 Å². The number of carboxylic acid groups (broad SMARTS) is 1. The summed E-state index contributed by atoms with van der Waals surface area (Å²) in [4.78, 5) is 25.3. The first-order valence-corrected chi connectivity index (χ1v) is 14.4. The highest BCUT2D eigenvalue weighted by Crippen LogP contribution is 2.33. The molecule has 0 unspecified atom stereocenters. The molecule has 1 aliphatic rings. The van der Waals surface area contributed by atoms with Crippen molar-refractivity contribution in [3.05, 3.63) is 63.7 Å². The number of carboxylic acids is 1. The zero-order chi connectivity index (χ0) is 22.8. The van der Waals surface area contributed by atoms with E-state index in [1.54, 1.807) is 19.1 Å². The van der Waals surface area contributed by atoms with Gasteiger partial charge in [-0.3, -0.25) is 4.79 Å². The van der Waals surface area contributed by atoms with Gasteiger partial charge in [-0.15, -0.1) is 5.54 Å². The van der Waals surface area contributed by atoms with Gasteiger partial charge < -0.3 is 10.8 Å². The predicted octanol–water partition coefficient (Wildman–Crippen LogP) is 5.78. The van der Waals surface area contributed by atoms with Crippen LogP contribution in [0.5, 0.6) is 0 Å². The van der Waals surface area contributed by atoms with E-state index in [-0.39, 0.29) is 22.6 Å². The van der Waals surface area contributed by atoms with E-state index in [1.807, 2.05) is 12.1 Å². The van der Waals surface area contributed by atoms with E-state index in [4.69, 9.17) is 5.73 Å². The summed E-state index contributed by atoms with van der Waals surface area (Å²) in [5.41, 5.74) is 12.6. The first kappa shape index (κ1) is 22.8. The molecule has 0 heterocycles. The van der Waals surface area contributed by atoms with E-state index in [2.05, 4.69) is 31.1 Å². The van der Waals surface area contributed by atoms with Gasteiger partial charge in [0.2, 0.25) is 0 Å². The Hall–Kier alpha value is -2.84. The van der Waals surface area contributed by atoms with Crippen molar-refractivity contribution in [1.29, 1.82) is 0 Å². The van der Waals surface area contributed by atoms with E-state index in [9.17, 15) is 14.7 Å². The van der Waals surface area contributed by atoms with Crippen LogP contribution in [0.3, 0.4) is 0 Å². The van der Waals surface area contributed by atoms with E-state index >= 15 is 0 Å². The standard InChI is InChI=1S/C26H31NO3Si/c1-17-21(14-15-31(2,3)4)16-22(26(29)30)23(24(17)27)25(28)20-12-10-19(11-13-20)18-8-6-5-7-9-18/h10-13,16,18H,5-9,27H2,1-4H3,(H,29,30). The largest absolute Gasteiger partial charge is 0.478 e. The average molecular weight is 434 g/mol. The smallest absolute Gasteiger partial charge is 0.336 e. The first-order chi connectivity index (χ1) is 14.6. The van der Waals surface area contributed by atoms with Crippen LogP contribution < -0.4 is 5.73 Å². The average Bonchev–Trinajstić information content (AvgIpc) is 2.74. The second-order valence-electron chi connectivity index (χ2n) is 9.48. The molecule has 3 N–H and O–H groups in total. The lowest BCUT2D eigenvalue weighted by Gasteiger charge is -2.22. The summed E-state index contributed by atoms with van der Waals surface area (Å²) in [7, 11) is -1.65. The molecular formula is C26H31NO3Si. The maximum absolute atomic E-state index is 13.3. The molecule has 3 rings (SSSR count). The van der Waals surface area contributed by atoms with Crippen molar-refractivity contribution in [2.24, 2.45) is 0 Å². The van der Waals surface area contributed by atoms with Crippen molar-refractivity contribution in [2.75, 3.05) is 5.73 Å². The van der Waals surface area contributed by atoms with Gasteiger partial charge in [0, 0.05) is 16.8 Å². The maximum atomic E-state index is 13.3. The number of carbonyl (C=O) groups is 2. The topological polar surface area (TPSA) is 80.4 Å². The molecule has 0 spiro atoms. The van der Waals surface area contributed by atoms with Crippen LogP contribution in [0.25, 0.3) is 0 Å². The summed E-state index contributed by atoms with van der Waals surface area (Å²) in [5.74, 6) is 2.10. The molecule has 162 valence electrons. The van der Waals surface area contributed by atoms with Crippen LogP contribution in [0.1, 0.15) is 81.0 Å². The number of ketones is 1. The van der Waals surface area contributed by atoms with Crippen LogP contribution in [0, 0.1) is 18.4 Å². The Morgan fingerprint density at radius 2 is 1.68 bits per heavy atom. The fourth-order valence-electron chi connectivity index (χ4n) is 4.09. The summed E-state index contributed by atoms with van der Waals surface area (Å²) in [6, 6.07) is 9.09. The highest BCUT2D eigenvalue weighted by atomic mass is 28.3. The third kappa shape index (κ3) is 5.26. The Morgan fingerprint density at radius 1 is 1.06 bits per heavy atom. The Morgan fingerprint density at radius 3 is 2.23 bits per heavy atom. The molecule has 0 atom stereocenters. The van der Waals surface area contributed by atoms with Crippen LogP contribution in [-0.2, 0) is 0 Å². The van der Waals surface area contributed by atoms with E-state index in [1.165, 1.54) is 43.7 Å². The van der Waals surface area contributed by atoms with Gasteiger partial charge in [-0.05, 0) is 42.9 Å². The molecule has 0 amide bonds. The quantitative estimate of drug-likeness (QED) is 0.277. The summed E-state index contributed by atoms with van der Waals surface area (Å²) in [5, 5.41) is 9.80. The molecule has 1 saturated carbocycles. The fraction of sp³-hybridized carbons (Fsp3) is 0.385. The number of anilines is 1. The van der Waals surface area contributed by atoms with Crippen LogP contribution in [0.15, 0.2) is 30.3 Å². The zero-order valence-electron chi connectivity index (χ0n) is 18.8. The third-order valence-corrected chi connectivity index (χ3v) is 6.79. The molecule has 4 nitrogen and oxygen atoms in total. The van der Waals surface area contributed by atoms with E-state index < -0.39 is 14.0 Å². The maximum Gasteiger partial charge on any atom is 0.336 e. The van der Waals surface area contributed by atoms with Crippen molar-refractivity contribution in [2.45, 2.75) is 64.6 Å². The highest BCUT2D eigenvalue weighted by molar-refractivity contribution is 6.83. The van der Waals surface area contributed by atoms with Crippen molar-refractivity contribution in [3.63, 3.8) is 0 Å². The summed E-state index contributed by atoms with van der Waals surface area (Å²) in [6.07, 6.45) is 6.15. The van der Waals surface area contributed by atoms with E-state index in [0.29, 0.717) is 22.6 Å². The van der Waals surface area contributed by atoms with Crippen LogP contribution in [0.4, 0.5) is 5.69 Å². The molecule has 0 radical (unpaired) electrons. The molecule has 1 fully saturated rings. The Balaban J connectivity index is 2.00. The molecule has 0 bridgehead atoms. The molecule has 31 heavy (non-hydrogen) atoms. The molecule has 0 saturated heterocycles. The van der Waals surface area contributed by atoms with Crippen molar-refractivity contribution in [1.82, 2.24) is 0 Å². The van der Waals surface area contributed by atoms with Gasteiger partial charge in [0.05, 0.1) is 11.1 Å². The Bertz CT molecular complexity index is 1060. The van der Waals surface area contributed by atoms with Gasteiger partial charge in [-0.25, -0.2) is 4.79 Å². The normalized spacial score (nSPS) is 14.6. The molecule has 1 aliphatic carbocycles. The fourth-order valence-corrected chi connectivity index (χ4v) is 4.60. The van der Waals surface area contributed by atoms with Crippen molar-refractivity contribution >= 4 is 25.5 Å². The molecular weight excluding hydrogens is 402 g/mol. The summed E-state index contributed by atoms with van der Waals surface area (Å²) >= 11 is 0. The number of aromatic carboxylic acids is 1. The van der Waals surface area contributed by atoms with Crippen molar-refractivity contribution in [3.8, 4) is 11.5 Å². The lowest BCUT2D eigenvalue weighted by Crippen LogP contribution is -2.17. The van der Waals surface area contributed by atoms with Gasteiger partial charge >= 0.3 is 5.97 Å². The van der Waals surface area contributed by atoms with Crippen molar-refractivity contribution < 1.29 is 14.7 Å². The Kier molecular flexibility index (Phi) is 6.71.